The molecule has 1 saturated carbocycles. The zero-order chi connectivity index (χ0) is 13.6. The van der Waals surface area contributed by atoms with E-state index in [1.54, 1.807) is 18.2 Å². The zero-order valence-corrected chi connectivity index (χ0v) is 11.3. The molecule has 4 rings (SSSR count). The standard InChI is InChI=1S/C15H18N2O3/c18-14(10-2-3-11-12(6-10)20-9-19-11)17-8-15-4-1-5-16-13(15)7-15/h2-3,6,13,16H,1,4-5,7-9H2,(H,17,18). The Kier molecular flexibility index (Phi) is 2.63. The minimum atomic E-state index is -0.0334. The van der Waals surface area contributed by atoms with Crippen LogP contribution < -0.4 is 20.1 Å². The number of piperidine rings is 1. The summed E-state index contributed by atoms with van der Waals surface area (Å²) in [6.07, 6.45) is 3.61. The summed E-state index contributed by atoms with van der Waals surface area (Å²) in [6, 6.07) is 5.92. The van der Waals surface area contributed by atoms with Crippen LogP contribution in [0.2, 0.25) is 0 Å². The van der Waals surface area contributed by atoms with Crippen LogP contribution in [0.3, 0.4) is 0 Å². The molecule has 1 saturated heterocycles. The van der Waals surface area contributed by atoms with Gasteiger partial charge in [-0.2, -0.15) is 0 Å². The van der Waals surface area contributed by atoms with Crippen molar-refractivity contribution in [2.75, 3.05) is 19.9 Å². The molecule has 3 aliphatic rings. The Hall–Kier alpha value is -1.75. The number of carbonyl (C=O) groups excluding carboxylic acids is 1. The lowest BCUT2D eigenvalue weighted by atomic mass is 9.96. The van der Waals surface area contributed by atoms with Crippen LogP contribution >= 0.6 is 0 Å². The van der Waals surface area contributed by atoms with E-state index in [4.69, 9.17) is 9.47 Å². The van der Waals surface area contributed by atoms with Crippen LogP contribution in [0.1, 0.15) is 29.6 Å². The number of hydrogen-bond donors (Lipinski definition) is 2. The van der Waals surface area contributed by atoms with Crippen molar-refractivity contribution in [1.82, 2.24) is 10.6 Å². The van der Waals surface area contributed by atoms with Crippen molar-refractivity contribution in [3.63, 3.8) is 0 Å². The molecule has 2 atom stereocenters. The van der Waals surface area contributed by atoms with Gasteiger partial charge < -0.3 is 20.1 Å². The Balaban J connectivity index is 1.41. The maximum Gasteiger partial charge on any atom is 0.251 e. The predicted molar refractivity (Wildman–Crippen MR) is 73.0 cm³/mol. The van der Waals surface area contributed by atoms with Gasteiger partial charge in [0.05, 0.1) is 0 Å². The van der Waals surface area contributed by atoms with Crippen LogP contribution in [0.5, 0.6) is 11.5 Å². The molecule has 1 aromatic carbocycles. The van der Waals surface area contributed by atoms with Gasteiger partial charge in [0.1, 0.15) is 0 Å². The van der Waals surface area contributed by atoms with E-state index < -0.39 is 0 Å². The van der Waals surface area contributed by atoms with Gasteiger partial charge >= 0.3 is 0 Å². The fourth-order valence-corrected chi connectivity index (χ4v) is 3.31. The van der Waals surface area contributed by atoms with Crippen molar-refractivity contribution in [2.45, 2.75) is 25.3 Å². The number of ether oxygens (including phenoxy) is 2. The molecular weight excluding hydrogens is 256 g/mol. The summed E-state index contributed by atoms with van der Waals surface area (Å²) in [5.41, 5.74) is 0.941. The van der Waals surface area contributed by atoms with Crippen LogP contribution in [0.4, 0.5) is 0 Å². The molecule has 2 aliphatic heterocycles. The highest BCUT2D eigenvalue weighted by Crippen LogP contribution is 2.51. The molecule has 2 heterocycles. The summed E-state index contributed by atoms with van der Waals surface area (Å²) in [5, 5.41) is 6.57. The van der Waals surface area contributed by atoms with Crippen LogP contribution in [-0.4, -0.2) is 31.8 Å². The number of amides is 1. The molecule has 0 aromatic heterocycles. The van der Waals surface area contributed by atoms with Gasteiger partial charge in [0.25, 0.3) is 5.91 Å². The van der Waals surface area contributed by atoms with Gasteiger partial charge in [0.2, 0.25) is 6.79 Å². The van der Waals surface area contributed by atoms with Crippen molar-refractivity contribution in [2.24, 2.45) is 5.41 Å². The Bertz CT molecular complexity index is 560. The highest BCUT2D eigenvalue weighted by molar-refractivity contribution is 5.95. The topological polar surface area (TPSA) is 59.6 Å². The van der Waals surface area contributed by atoms with E-state index in [9.17, 15) is 4.79 Å². The molecule has 1 amide bonds. The maximum absolute atomic E-state index is 12.2. The van der Waals surface area contributed by atoms with E-state index in [1.165, 1.54) is 19.3 Å². The number of rotatable bonds is 3. The third kappa shape index (κ3) is 1.93. The molecule has 5 nitrogen and oxygen atoms in total. The van der Waals surface area contributed by atoms with Crippen molar-refractivity contribution < 1.29 is 14.3 Å². The number of carbonyl (C=O) groups is 1. The SMILES string of the molecule is O=C(NCC12CCCNC1C2)c1ccc2c(c1)OCO2. The smallest absolute Gasteiger partial charge is 0.251 e. The maximum atomic E-state index is 12.2. The second-order valence-corrected chi connectivity index (χ2v) is 5.93. The normalized spacial score (nSPS) is 29.7. The van der Waals surface area contributed by atoms with E-state index in [0.717, 1.165) is 13.1 Å². The lowest BCUT2D eigenvalue weighted by molar-refractivity contribution is 0.0941. The Labute approximate surface area is 117 Å². The molecule has 5 heteroatoms. The molecule has 0 spiro atoms. The average Bonchev–Trinajstić information content (AvgIpc) is 3.03. The number of fused-ring (bicyclic) bond motifs is 2. The van der Waals surface area contributed by atoms with Crippen LogP contribution in [0.25, 0.3) is 0 Å². The number of nitrogens with one attached hydrogen (secondary N) is 2. The highest BCUT2D eigenvalue weighted by Gasteiger charge is 2.54. The van der Waals surface area contributed by atoms with Gasteiger partial charge in [-0.15, -0.1) is 0 Å². The van der Waals surface area contributed by atoms with Gasteiger partial charge in [0.15, 0.2) is 11.5 Å². The molecule has 20 heavy (non-hydrogen) atoms. The van der Waals surface area contributed by atoms with Crippen LogP contribution in [-0.2, 0) is 0 Å². The van der Waals surface area contributed by atoms with E-state index in [2.05, 4.69) is 10.6 Å². The Morgan fingerprint density at radius 3 is 3.20 bits per heavy atom. The van der Waals surface area contributed by atoms with Crippen LogP contribution in [0.15, 0.2) is 18.2 Å². The van der Waals surface area contributed by atoms with Crippen molar-refractivity contribution in [3.8, 4) is 11.5 Å². The minimum Gasteiger partial charge on any atom is -0.454 e. The molecule has 1 aliphatic carbocycles. The molecule has 106 valence electrons. The summed E-state index contributed by atoms with van der Waals surface area (Å²) in [7, 11) is 0. The largest absolute Gasteiger partial charge is 0.454 e. The monoisotopic (exact) mass is 274 g/mol. The summed E-state index contributed by atoms with van der Waals surface area (Å²) in [5.74, 6) is 1.33. The fraction of sp³-hybridized carbons (Fsp3) is 0.533. The number of hydrogen-bond acceptors (Lipinski definition) is 4. The Morgan fingerprint density at radius 2 is 2.30 bits per heavy atom. The fourth-order valence-electron chi connectivity index (χ4n) is 3.31. The van der Waals surface area contributed by atoms with Gasteiger partial charge in [-0.1, -0.05) is 0 Å². The first-order chi connectivity index (χ1) is 9.77. The van der Waals surface area contributed by atoms with Crippen molar-refractivity contribution >= 4 is 5.91 Å². The van der Waals surface area contributed by atoms with Gasteiger partial charge in [-0.25, -0.2) is 0 Å². The second kappa shape index (κ2) is 4.38. The first-order valence-electron chi connectivity index (χ1n) is 7.18. The molecular formula is C15H18N2O3. The van der Waals surface area contributed by atoms with E-state index in [0.29, 0.717) is 28.5 Å². The molecule has 1 aromatic rings. The summed E-state index contributed by atoms with van der Waals surface area (Å²) < 4.78 is 10.5. The average molecular weight is 274 g/mol. The molecule has 0 bridgehead atoms. The first kappa shape index (κ1) is 12.0. The molecule has 0 radical (unpaired) electrons. The molecule has 2 N–H and O–H groups in total. The van der Waals surface area contributed by atoms with Crippen molar-refractivity contribution in [1.29, 1.82) is 0 Å². The van der Waals surface area contributed by atoms with Gasteiger partial charge in [-0.3, -0.25) is 4.79 Å². The first-order valence-corrected chi connectivity index (χ1v) is 7.18. The summed E-state index contributed by atoms with van der Waals surface area (Å²) in [4.78, 5) is 12.2. The molecule has 2 fully saturated rings. The van der Waals surface area contributed by atoms with Crippen molar-refractivity contribution in [3.05, 3.63) is 23.8 Å². The highest BCUT2D eigenvalue weighted by atomic mass is 16.7. The number of benzene rings is 1. The predicted octanol–water partition coefficient (Wildman–Crippen LogP) is 1.29. The third-order valence-corrected chi connectivity index (χ3v) is 4.67. The molecule has 2 unspecified atom stereocenters. The quantitative estimate of drug-likeness (QED) is 0.872. The Morgan fingerprint density at radius 1 is 1.40 bits per heavy atom. The van der Waals surface area contributed by atoms with Gasteiger partial charge in [0, 0.05) is 23.6 Å². The summed E-state index contributed by atoms with van der Waals surface area (Å²) in [6.45, 7) is 2.11. The second-order valence-electron chi connectivity index (χ2n) is 5.93. The lowest BCUT2D eigenvalue weighted by Crippen LogP contribution is -2.38. The summed E-state index contributed by atoms with van der Waals surface area (Å²) >= 11 is 0. The minimum absolute atomic E-state index is 0.0334. The van der Waals surface area contributed by atoms with E-state index >= 15 is 0 Å². The van der Waals surface area contributed by atoms with Gasteiger partial charge in [-0.05, 0) is 44.0 Å². The van der Waals surface area contributed by atoms with E-state index in [1.807, 2.05) is 0 Å². The van der Waals surface area contributed by atoms with E-state index in [-0.39, 0.29) is 12.7 Å². The third-order valence-electron chi connectivity index (χ3n) is 4.67. The lowest BCUT2D eigenvalue weighted by Gasteiger charge is -2.23. The zero-order valence-electron chi connectivity index (χ0n) is 11.3. The van der Waals surface area contributed by atoms with Crippen LogP contribution in [0, 0.1) is 5.41 Å².